The van der Waals surface area contributed by atoms with E-state index in [-0.39, 0.29) is 12.2 Å². The number of fused-ring (bicyclic) bond motifs is 1. The zero-order valence-electron chi connectivity index (χ0n) is 7.73. The molecule has 0 bridgehead atoms. The fourth-order valence-corrected chi connectivity index (χ4v) is 1.46. The SMILES string of the molecule is Cn1c(CC#N)nc2ccc(O)cc21. The highest BCUT2D eigenvalue weighted by molar-refractivity contribution is 5.77. The normalized spacial score (nSPS) is 10.3. The first-order valence-corrected chi connectivity index (χ1v) is 4.23. The maximum atomic E-state index is 9.29. The van der Waals surface area contributed by atoms with Gasteiger partial charge in [-0.3, -0.25) is 0 Å². The quantitative estimate of drug-likeness (QED) is 0.732. The van der Waals surface area contributed by atoms with Crippen LogP contribution in [0.5, 0.6) is 5.75 Å². The molecule has 0 amide bonds. The monoisotopic (exact) mass is 187 g/mol. The van der Waals surface area contributed by atoms with E-state index in [0.29, 0.717) is 5.82 Å². The van der Waals surface area contributed by atoms with E-state index in [4.69, 9.17) is 5.26 Å². The lowest BCUT2D eigenvalue weighted by atomic mass is 10.3. The second-order valence-corrected chi connectivity index (χ2v) is 3.09. The second-order valence-electron chi connectivity index (χ2n) is 3.09. The summed E-state index contributed by atoms with van der Waals surface area (Å²) in [5, 5.41) is 17.9. The third-order valence-corrected chi connectivity index (χ3v) is 2.19. The summed E-state index contributed by atoms with van der Waals surface area (Å²) in [6.45, 7) is 0. The molecular weight excluding hydrogens is 178 g/mol. The molecule has 2 aromatic rings. The van der Waals surface area contributed by atoms with Crippen molar-refractivity contribution < 1.29 is 5.11 Å². The maximum Gasteiger partial charge on any atom is 0.123 e. The first kappa shape index (κ1) is 8.57. The van der Waals surface area contributed by atoms with Crippen molar-refractivity contribution in [2.75, 3.05) is 0 Å². The third kappa shape index (κ3) is 1.19. The molecule has 0 saturated carbocycles. The Labute approximate surface area is 81.0 Å². The van der Waals surface area contributed by atoms with Crippen molar-refractivity contribution >= 4 is 11.0 Å². The van der Waals surface area contributed by atoms with E-state index in [1.54, 1.807) is 18.2 Å². The molecule has 0 saturated heterocycles. The highest BCUT2D eigenvalue weighted by Crippen LogP contribution is 2.20. The molecule has 4 heteroatoms. The summed E-state index contributed by atoms with van der Waals surface area (Å²) >= 11 is 0. The number of nitrogens with zero attached hydrogens (tertiary/aromatic N) is 3. The summed E-state index contributed by atoms with van der Waals surface area (Å²) < 4.78 is 1.82. The van der Waals surface area contributed by atoms with Crippen molar-refractivity contribution in [2.45, 2.75) is 6.42 Å². The van der Waals surface area contributed by atoms with E-state index in [1.165, 1.54) is 0 Å². The van der Waals surface area contributed by atoms with E-state index in [0.717, 1.165) is 11.0 Å². The van der Waals surface area contributed by atoms with Gasteiger partial charge in [-0.1, -0.05) is 0 Å². The van der Waals surface area contributed by atoms with Gasteiger partial charge in [0.05, 0.1) is 23.5 Å². The van der Waals surface area contributed by atoms with Crippen LogP contribution in [-0.4, -0.2) is 14.7 Å². The predicted octanol–water partition coefficient (Wildman–Crippen LogP) is 1.34. The Bertz CT molecular complexity index is 522. The van der Waals surface area contributed by atoms with Crippen molar-refractivity contribution in [3.63, 3.8) is 0 Å². The Hall–Kier alpha value is -2.02. The molecule has 0 atom stereocenters. The molecular formula is C10H9N3O. The Kier molecular flexibility index (Phi) is 1.86. The van der Waals surface area contributed by atoms with Crippen LogP contribution in [0.25, 0.3) is 11.0 Å². The zero-order chi connectivity index (χ0) is 10.1. The van der Waals surface area contributed by atoms with Gasteiger partial charge in [0.25, 0.3) is 0 Å². The average molecular weight is 187 g/mol. The fraction of sp³-hybridized carbons (Fsp3) is 0.200. The van der Waals surface area contributed by atoms with Crippen LogP contribution in [0, 0.1) is 11.3 Å². The molecule has 0 aliphatic rings. The highest BCUT2D eigenvalue weighted by atomic mass is 16.3. The van der Waals surface area contributed by atoms with Gasteiger partial charge in [-0.05, 0) is 12.1 Å². The summed E-state index contributed by atoms with van der Waals surface area (Å²) in [5.74, 6) is 0.928. The number of aryl methyl sites for hydroxylation is 1. The van der Waals surface area contributed by atoms with Gasteiger partial charge in [0, 0.05) is 13.1 Å². The largest absolute Gasteiger partial charge is 0.508 e. The molecule has 70 valence electrons. The van der Waals surface area contributed by atoms with E-state index in [9.17, 15) is 5.11 Å². The fourth-order valence-electron chi connectivity index (χ4n) is 1.46. The van der Waals surface area contributed by atoms with E-state index >= 15 is 0 Å². The minimum atomic E-state index is 0.212. The van der Waals surface area contributed by atoms with E-state index in [1.807, 2.05) is 11.6 Å². The van der Waals surface area contributed by atoms with Gasteiger partial charge in [0.15, 0.2) is 0 Å². The average Bonchev–Trinajstić information content (AvgIpc) is 2.46. The number of phenols is 1. The van der Waals surface area contributed by atoms with Crippen LogP contribution in [0.3, 0.4) is 0 Å². The number of rotatable bonds is 1. The molecule has 1 aromatic carbocycles. The molecule has 1 aromatic heterocycles. The lowest BCUT2D eigenvalue weighted by Crippen LogP contribution is -1.95. The van der Waals surface area contributed by atoms with Crippen LogP contribution in [0.2, 0.25) is 0 Å². The van der Waals surface area contributed by atoms with Gasteiger partial charge in [0.1, 0.15) is 11.6 Å². The van der Waals surface area contributed by atoms with Crippen molar-refractivity contribution in [1.82, 2.24) is 9.55 Å². The minimum Gasteiger partial charge on any atom is -0.508 e. The van der Waals surface area contributed by atoms with Crippen molar-refractivity contribution in [2.24, 2.45) is 7.05 Å². The summed E-state index contributed by atoms with van der Waals surface area (Å²) in [5.41, 5.74) is 1.64. The van der Waals surface area contributed by atoms with E-state index in [2.05, 4.69) is 11.1 Å². The van der Waals surface area contributed by atoms with Crippen molar-refractivity contribution in [3.05, 3.63) is 24.0 Å². The smallest absolute Gasteiger partial charge is 0.123 e. The summed E-state index contributed by atoms with van der Waals surface area (Å²) in [4.78, 5) is 4.27. The number of hydrogen-bond donors (Lipinski definition) is 1. The van der Waals surface area contributed by atoms with E-state index < -0.39 is 0 Å². The number of benzene rings is 1. The number of imidazole rings is 1. The molecule has 1 N–H and O–H groups in total. The Morgan fingerprint density at radius 1 is 1.57 bits per heavy atom. The topological polar surface area (TPSA) is 61.8 Å². The third-order valence-electron chi connectivity index (χ3n) is 2.19. The summed E-state index contributed by atoms with van der Waals surface area (Å²) in [6, 6.07) is 7.03. The van der Waals surface area contributed by atoms with Crippen LogP contribution in [-0.2, 0) is 13.5 Å². The number of aromatic hydroxyl groups is 1. The van der Waals surface area contributed by atoms with Gasteiger partial charge in [-0.15, -0.1) is 0 Å². The first-order chi connectivity index (χ1) is 6.72. The zero-order valence-corrected chi connectivity index (χ0v) is 7.73. The molecule has 0 radical (unpaired) electrons. The molecule has 0 unspecified atom stereocenters. The molecule has 4 nitrogen and oxygen atoms in total. The van der Waals surface area contributed by atoms with Crippen LogP contribution in [0.15, 0.2) is 18.2 Å². The van der Waals surface area contributed by atoms with Crippen LogP contribution < -0.4 is 0 Å². The number of hydrogen-bond acceptors (Lipinski definition) is 3. The number of nitriles is 1. The van der Waals surface area contributed by atoms with Gasteiger partial charge in [-0.25, -0.2) is 4.98 Å². The Balaban J connectivity index is 2.69. The standard InChI is InChI=1S/C10H9N3O/c1-13-9-6-7(14)2-3-8(9)12-10(13)4-5-11/h2-3,6,14H,4H2,1H3. The highest BCUT2D eigenvalue weighted by Gasteiger charge is 2.07. The van der Waals surface area contributed by atoms with Gasteiger partial charge < -0.3 is 9.67 Å². The molecule has 14 heavy (non-hydrogen) atoms. The van der Waals surface area contributed by atoms with Crippen molar-refractivity contribution in [1.29, 1.82) is 5.26 Å². The molecule has 0 aliphatic carbocycles. The Morgan fingerprint density at radius 2 is 2.36 bits per heavy atom. The minimum absolute atomic E-state index is 0.212. The first-order valence-electron chi connectivity index (χ1n) is 4.23. The van der Waals surface area contributed by atoms with Crippen molar-refractivity contribution in [3.8, 4) is 11.8 Å². The van der Waals surface area contributed by atoms with Crippen LogP contribution in [0.4, 0.5) is 0 Å². The molecule has 1 heterocycles. The molecule has 0 aliphatic heterocycles. The lowest BCUT2D eigenvalue weighted by molar-refractivity contribution is 0.476. The predicted molar refractivity (Wildman–Crippen MR) is 51.7 cm³/mol. The second kappa shape index (κ2) is 3.04. The number of aromatic nitrogens is 2. The molecule has 0 spiro atoms. The molecule has 0 fully saturated rings. The van der Waals surface area contributed by atoms with Crippen LogP contribution in [0.1, 0.15) is 5.82 Å². The van der Waals surface area contributed by atoms with Gasteiger partial charge in [0.2, 0.25) is 0 Å². The lowest BCUT2D eigenvalue weighted by Gasteiger charge is -1.97. The summed E-state index contributed by atoms with van der Waals surface area (Å²) in [6.07, 6.45) is 0.284. The molecule has 2 rings (SSSR count). The number of phenolic OH excluding ortho intramolecular Hbond substituents is 1. The Morgan fingerprint density at radius 3 is 3.07 bits per heavy atom. The van der Waals surface area contributed by atoms with Gasteiger partial charge in [-0.2, -0.15) is 5.26 Å². The van der Waals surface area contributed by atoms with Crippen LogP contribution >= 0.6 is 0 Å². The maximum absolute atomic E-state index is 9.29. The summed E-state index contributed by atoms with van der Waals surface area (Å²) in [7, 11) is 1.83. The van der Waals surface area contributed by atoms with Gasteiger partial charge >= 0.3 is 0 Å².